The molecule has 1 aromatic heterocycles. The van der Waals surface area contributed by atoms with E-state index < -0.39 is 0 Å². The lowest BCUT2D eigenvalue weighted by Gasteiger charge is -2.14. The number of H-pyrrole nitrogens is 1. The normalized spacial score (nSPS) is 12.0. The predicted molar refractivity (Wildman–Crippen MR) is 96.3 cm³/mol. The largest absolute Gasteiger partial charge is 0.291 e. The van der Waals surface area contributed by atoms with Crippen molar-refractivity contribution in [3.8, 4) is 0 Å². The van der Waals surface area contributed by atoms with Crippen LogP contribution in [0.2, 0.25) is 0 Å². The van der Waals surface area contributed by atoms with Gasteiger partial charge >= 0.3 is 0 Å². The first-order valence-corrected chi connectivity index (χ1v) is 7.82. The summed E-state index contributed by atoms with van der Waals surface area (Å²) in [6.45, 7) is 6.17. The molecule has 0 aliphatic carbocycles. The number of benzene rings is 2. The summed E-state index contributed by atoms with van der Waals surface area (Å²) in [6.07, 6.45) is 1.65. The molecule has 122 valence electrons. The van der Waals surface area contributed by atoms with Gasteiger partial charge in [-0.2, -0.15) is 10.2 Å². The lowest BCUT2D eigenvalue weighted by Crippen LogP contribution is -2.18. The molecule has 5 heteroatoms. The van der Waals surface area contributed by atoms with E-state index >= 15 is 0 Å². The maximum atomic E-state index is 12.1. The molecule has 0 unspecified atom stereocenters. The average molecular weight is 320 g/mol. The molecule has 0 spiro atoms. The Morgan fingerprint density at radius 1 is 1.17 bits per heavy atom. The minimum absolute atomic E-state index is 0.0856. The third kappa shape index (κ3) is 3.35. The van der Waals surface area contributed by atoms with Gasteiger partial charge < -0.3 is 0 Å². The Kier molecular flexibility index (Phi) is 4.16. The van der Waals surface area contributed by atoms with E-state index in [1.165, 1.54) is 0 Å². The molecule has 0 aliphatic rings. The highest BCUT2D eigenvalue weighted by atomic mass is 16.2. The van der Waals surface area contributed by atoms with Crippen molar-refractivity contribution in [2.75, 3.05) is 0 Å². The van der Waals surface area contributed by atoms with Crippen molar-refractivity contribution in [2.45, 2.75) is 26.2 Å². The van der Waals surface area contributed by atoms with E-state index in [0.29, 0.717) is 5.69 Å². The van der Waals surface area contributed by atoms with Crippen molar-refractivity contribution in [2.24, 2.45) is 5.10 Å². The molecular weight excluding hydrogens is 300 g/mol. The third-order valence-electron chi connectivity index (χ3n) is 3.81. The van der Waals surface area contributed by atoms with Gasteiger partial charge in [-0.05, 0) is 16.8 Å². The first-order chi connectivity index (χ1) is 11.4. The number of hydrazone groups is 1. The van der Waals surface area contributed by atoms with Crippen LogP contribution in [0.4, 0.5) is 0 Å². The SMILES string of the molecule is CC(C)(C)c1cc(C(=O)NN=Cc2cccc3ccccc23)n[nH]1. The summed E-state index contributed by atoms with van der Waals surface area (Å²) in [5.74, 6) is -0.335. The fourth-order valence-electron chi connectivity index (χ4n) is 2.40. The van der Waals surface area contributed by atoms with Crippen LogP contribution in [0.3, 0.4) is 0 Å². The van der Waals surface area contributed by atoms with Gasteiger partial charge in [-0.25, -0.2) is 5.43 Å². The summed E-state index contributed by atoms with van der Waals surface area (Å²) in [5.41, 5.74) is 4.63. The molecule has 1 amide bonds. The van der Waals surface area contributed by atoms with Crippen LogP contribution in [-0.4, -0.2) is 22.3 Å². The number of carbonyl (C=O) groups excluding carboxylic acids is 1. The molecule has 3 rings (SSSR count). The fraction of sp³-hybridized carbons (Fsp3) is 0.211. The molecule has 0 bridgehead atoms. The lowest BCUT2D eigenvalue weighted by atomic mass is 9.92. The molecule has 0 atom stereocenters. The predicted octanol–water partition coefficient (Wildman–Crippen LogP) is 3.62. The van der Waals surface area contributed by atoms with Crippen LogP contribution in [0.15, 0.2) is 53.6 Å². The van der Waals surface area contributed by atoms with Crippen LogP contribution in [0.25, 0.3) is 10.8 Å². The molecule has 0 radical (unpaired) electrons. The van der Waals surface area contributed by atoms with E-state index in [2.05, 4.69) is 41.5 Å². The zero-order chi connectivity index (χ0) is 17.2. The first kappa shape index (κ1) is 15.9. The van der Waals surface area contributed by atoms with Crippen LogP contribution in [0.1, 0.15) is 42.5 Å². The van der Waals surface area contributed by atoms with Gasteiger partial charge in [0.05, 0.1) is 6.21 Å². The molecule has 1 heterocycles. The third-order valence-corrected chi connectivity index (χ3v) is 3.81. The van der Waals surface area contributed by atoms with Gasteiger partial charge in [0.1, 0.15) is 0 Å². The minimum atomic E-state index is -0.335. The monoisotopic (exact) mass is 320 g/mol. The van der Waals surface area contributed by atoms with Gasteiger partial charge in [-0.3, -0.25) is 9.89 Å². The average Bonchev–Trinajstić information content (AvgIpc) is 3.05. The van der Waals surface area contributed by atoms with Gasteiger partial charge in [0.25, 0.3) is 5.91 Å². The minimum Gasteiger partial charge on any atom is -0.281 e. The van der Waals surface area contributed by atoms with E-state index in [1.54, 1.807) is 12.3 Å². The van der Waals surface area contributed by atoms with Gasteiger partial charge in [0.15, 0.2) is 5.69 Å². The standard InChI is InChI=1S/C19H20N4O/c1-19(2,3)17-11-16(21-22-17)18(24)23-20-12-14-9-6-8-13-7-4-5-10-15(13)14/h4-12H,1-3H3,(H,21,22)(H,23,24). The van der Waals surface area contributed by atoms with Crippen LogP contribution in [0, 0.1) is 0 Å². The summed E-state index contributed by atoms with van der Waals surface area (Å²) in [4.78, 5) is 12.1. The first-order valence-electron chi connectivity index (χ1n) is 7.82. The number of carbonyl (C=O) groups is 1. The summed E-state index contributed by atoms with van der Waals surface area (Å²) in [7, 11) is 0. The number of hydrogen-bond donors (Lipinski definition) is 2. The summed E-state index contributed by atoms with van der Waals surface area (Å²) < 4.78 is 0. The molecule has 0 aliphatic heterocycles. The van der Waals surface area contributed by atoms with Crippen molar-refractivity contribution < 1.29 is 4.79 Å². The molecular formula is C19H20N4O. The molecule has 5 nitrogen and oxygen atoms in total. The highest BCUT2D eigenvalue weighted by Crippen LogP contribution is 2.20. The Balaban J connectivity index is 1.74. The Morgan fingerprint density at radius 2 is 1.92 bits per heavy atom. The number of rotatable bonds is 3. The van der Waals surface area contributed by atoms with Crippen LogP contribution < -0.4 is 5.43 Å². The second-order valence-electron chi connectivity index (χ2n) is 6.68. The quantitative estimate of drug-likeness (QED) is 0.571. The molecule has 2 aromatic carbocycles. The number of hydrogen-bond acceptors (Lipinski definition) is 3. The Hall–Kier alpha value is -2.95. The summed E-state index contributed by atoms with van der Waals surface area (Å²) >= 11 is 0. The number of nitrogens with one attached hydrogen (secondary N) is 2. The maximum absolute atomic E-state index is 12.1. The van der Waals surface area contributed by atoms with Crippen LogP contribution in [0.5, 0.6) is 0 Å². The fourth-order valence-corrected chi connectivity index (χ4v) is 2.40. The van der Waals surface area contributed by atoms with Gasteiger partial charge in [0, 0.05) is 16.7 Å². The number of aromatic nitrogens is 2. The van der Waals surface area contributed by atoms with Crippen LogP contribution >= 0.6 is 0 Å². The number of aromatic amines is 1. The Labute approximate surface area is 140 Å². The van der Waals surface area contributed by atoms with Crippen molar-refractivity contribution >= 4 is 22.9 Å². The maximum Gasteiger partial charge on any atom is 0.291 e. The zero-order valence-electron chi connectivity index (χ0n) is 14.0. The Bertz CT molecular complexity index is 898. The van der Waals surface area contributed by atoms with E-state index in [9.17, 15) is 4.79 Å². The van der Waals surface area contributed by atoms with E-state index in [-0.39, 0.29) is 11.3 Å². The number of fused-ring (bicyclic) bond motifs is 1. The highest BCUT2D eigenvalue weighted by Gasteiger charge is 2.19. The molecule has 3 aromatic rings. The Morgan fingerprint density at radius 3 is 2.67 bits per heavy atom. The van der Waals surface area contributed by atoms with E-state index in [1.807, 2.05) is 42.5 Å². The number of amides is 1. The van der Waals surface area contributed by atoms with E-state index in [0.717, 1.165) is 22.0 Å². The summed E-state index contributed by atoms with van der Waals surface area (Å²) in [6, 6.07) is 15.8. The van der Waals surface area contributed by atoms with Crippen molar-refractivity contribution in [3.05, 3.63) is 65.5 Å². The second kappa shape index (κ2) is 6.28. The highest BCUT2D eigenvalue weighted by molar-refractivity contribution is 6.00. The molecule has 0 fully saturated rings. The van der Waals surface area contributed by atoms with E-state index in [4.69, 9.17) is 0 Å². The van der Waals surface area contributed by atoms with Crippen molar-refractivity contribution in [3.63, 3.8) is 0 Å². The second-order valence-corrected chi connectivity index (χ2v) is 6.68. The smallest absolute Gasteiger partial charge is 0.281 e. The number of nitrogens with zero attached hydrogens (tertiary/aromatic N) is 2. The molecule has 2 N–H and O–H groups in total. The van der Waals surface area contributed by atoms with Gasteiger partial charge in [-0.15, -0.1) is 0 Å². The van der Waals surface area contributed by atoms with Crippen molar-refractivity contribution in [1.82, 2.24) is 15.6 Å². The van der Waals surface area contributed by atoms with Crippen molar-refractivity contribution in [1.29, 1.82) is 0 Å². The topological polar surface area (TPSA) is 70.1 Å². The zero-order valence-corrected chi connectivity index (χ0v) is 14.0. The molecule has 24 heavy (non-hydrogen) atoms. The summed E-state index contributed by atoms with van der Waals surface area (Å²) in [5, 5.41) is 13.2. The van der Waals surface area contributed by atoms with Crippen LogP contribution in [-0.2, 0) is 5.41 Å². The molecule has 0 saturated carbocycles. The molecule has 0 saturated heterocycles. The van der Waals surface area contributed by atoms with Gasteiger partial charge in [-0.1, -0.05) is 63.2 Å². The van der Waals surface area contributed by atoms with Gasteiger partial charge in [0.2, 0.25) is 0 Å². The lowest BCUT2D eigenvalue weighted by molar-refractivity contribution is 0.0950.